The summed E-state index contributed by atoms with van der Waals surface area (Å²) in [5.41, 5.74) is -2.02. The van der Waals surface area contributed by atoms with Gasteiger partial charge in [-0.05, 0) is 99.2 Å². The van der Waals surface area contributed by atoms with Crippen LogP contribution >= 0.6 is 0 Å². The molecule has 1 aromatic rings. The Kier molecular flexibility index (Phi) is 7.80. The van der Waals surface area contributed by atoms with Gasteiger partial charge in [-0.25, -0.2) is 4.79 Å². The molecular formula is C41H55F3O7. The molecule has 7 nitrogen and oxygen atoms in total. The summed E-state index contributed by atoms with van der Waals surface area (Å²) in [5, 5.41) is 0. The molecule has 1 saturated carbocycles. The van der Waals surface area contributed by atoms with E-state index in [4.69, 9.17) is 28.4 Å². The zero-order chi connectivity index (χ0) is 36.8. The molecule has 282 valence electrons. The Labute approximate surface area is 300 Å². The zero-order valence-corrected chi connectivity index (χ0v) is 31.6. The summed E-state index contributed by atoms with van der Waals surface area (Å²) in [7, 11) is 2.35. The molecule has 0 N–H and O–H groups in total. The van der Waals surface area contributed by atoms with Crippen molar-refractivity contribution in [2.45, 2.75) is 153 Å². The highest BCUT2D eigenvalue weighted by atomic mass is 19.4. The van der Waals surface area contributed by atoms with Gasteiger partial charge in [-0.3, -0.25) is 0 Å². The van der Waals surface area contributed by atoms with Gasteiger partial charge in [0.25, 0.3) is 5.60 Å². The van der Waals surface area contributed by atoms with Gasteiger partial charge in [0.2, 0.25) is 5.79 Å². The number of halogens is 3. The number of fused-ring (bicyclic) bond motifs is 6. The van der Waals surface area contributed by atoms with Crippen LogP contribution in [0.25, 0.3) is 0 Å². The molecule has 4 heterocycles. The summed E-state index contributed by atoms with van der Waals surface area (Å²) < 4.78 is 83.0. The Morgan fingerprint density at radius 3 is 2.27 bits per heavy atom. The minimum Gasteiger partial charge on any atom is -0.451 e. The SMILES string of the molecule is CO[C@]12O[C@H]3C[C@@]4(C)C5=C(CC[C@]4(C)[C@H]3[C@H](C)[C@H]1OC(C)(C)[C@H]2OC(=O)[C@](OC)(c1ccccc1)C(F)(F)F)C[C@]12CC[C@H](O1)C(C)(C)[C@@H]2CC5. The molecule has 0 unspecified atom stereocenters. The molecule has 7 aliphatic rings. The summed E-state index contributed by atoms with van der Waals surface area (Å²) in [6, 6.07) is 6.88. The van der Waals surface area contributed by atoms with Crippen LogP contribution in [0.15, 0.2) is 41.5 Å². The third kappa shape index (κ3) is 4.40. The van der Waals surface area contributed by atoms with E-state index in [1.54, 1.807) is 31.1 Å². The number of alkyl halides is 3. The van der Waals surface area contributed by atoms with Gasteiger partial charge in [-0.1, -0.05) is 76.1 Å². The van der Waals surface area contributed by atoms with E-state index in [1.807, 2.05) is 0 Å². The molecule has 4 aliphatic heterocycles. The molecule has 0 amide bonds. The summed E-state index contributed by atoms with van der Waals surface area (Å²) in [6.07, 6.45) is 1.14. The van der Waals surface area contributed by atoms with E-state index in [2.05, 4.69) is 34.6 Å². The number of hydrogen-bond donors (Lipinski definition) is 0. The van der Waals surface area contributed by atoms with Crippen molar-refractivity contribution in [1.29, 1.82) is 0 Å². The van der Waals surface area contributed by atoms with E-state index in [1.165, 1.54) is 31.4 Å². The van der Waals surface area contributed by atoms with Crippen LogP contribution in [0.3, 0.4) is 0 Å². The van der Waals surface area contributed by atoms with Crippen molar-refractivity contribution in [3.8, 4) is 0 Å². The second-order valence-electron chi connectivity index (χ2n) is 18.5. The van der Waals surface area contributed by atoms with Gasteiger partial charge in [-0.2, -0.15) is 13.2 Å². The van der Waals surface area contributed by atoms with E-state index in [9.17, 15) is 18.0 Å². The highest BCUT2D eigenvalue weighted by Crippen LogP contribution is 2.73. The predicted molar refractivity (Wildman–Crippen MR) is 182 cm³/mol. The Morgan fingerprint density at radius 1 is 0.922 bits per heavy atom. The van der Waals surface area contributed by atoms with Gasteiger partial charge in [0.15, 0.2) is 6.10 Å². The largest absolute Gasteiger partial charge is 0.451 e. The van der Waals surface area contributed by atoms with Crippen molar-refractivity contribution in [1.82, 2.24) is 0 Å². The van der Waals surface area contributed by atoms with Crippen LogP contribution in [0.2, 0.25) is 0 Å². The molecule has 2 bridgehead atoms. The monoisotopic (exact) mass is 716 g/mol. The van der Waals surface area contributed by atoms with Crippen molar-refractivity contribution in [2.24, 2.45) is 34.0 Å². The van der Waals surface area contributed by atoms with Gasteiger partial charge in [0.1, 0.15) is 11.7 Å². The van der Waals surface area contributed by atoms with Crippen molar-refractivity contribution >= 4 is 5.97 Å². The summed E-state index contributed by atoms with van der Waals surface area (Å²) >= 11 is 0. The van der Waals surface area contributed by atoms with E-state index < -0.39 is 41.3 Å². The number of carbonyl (C=O) groups excluding carboxylic acids is 1. The summed E-state index contributed by atoms with van der Waals surface area (Å²) in [6.45, 7) is 15.3. The standard InChI is InChI=1S/C41H55F3O7/c1-23-30-27(22-37(7)26-15-16-28-34(2,3)29-18-20-38(28,50-29)21-24(26)17-19-36(30,37)6)49-40(47-9)31(23)51-35(4,5)32(40)48-33(45)39(46-8,41(42,43)44)25-13-11-10-12-14-25/h10-14,23,27-32H,15-22H2,1-9H3/t23-,27-,28-,29-,30-,31+,32+,36+,37-,38-,39+,40-/m0/s1. The van der Waals surface area contributed by atoms with E-state index in [-0.39, 0.29) is 45.3 Å². The fraction of sp³-hybridized carbons (Fsp3) is 0.780. The Bertz CT molecular complexity index is 1620. The number of rotatable bonds is 5. The minimum absolute atomic E-state index is 0.0637. The van der Waals surface area contributed by atoms with Crippen molar-refractivity contribution in [3.05, 3.63) is 47.0 Å². The number of methoxy groups -OCH3 is 2. The predicted octanol–water partition coefficient (Wildman–Crippen LogP) is 8.44. The fourth-order valence-electron chi connectivity index (χ4n) is 13.3. The lowest BCUT2D eigenvalue weighted by Gasteiger charge is -2.55. The number of hydrogen-bond acceptors (Lipinski definition) is 7. The average molecular weight is 717 g/mol. The Morgan fingerprint density at radius 2 is 1.63 bits per heavy atom. The molecule has 5 fully saturated rings. The molecule has 51 heavy (non-hydrogen) atoms. The highest BCUT2D eigenvalue weighted by molar-refractivity contribution is 5.83. The number of carbonyl (C=O) groups is 1. The molecule has 0 aromatic heterocycles. The van der Waals surface area contributed by atoms with Crippen molar-refractivity contribution < 1.29 is 46.4 Å². The van der Waals surface area contributed by atoms with Crippen molar-refractivity contribution in [2.75, 3.05) is 14.2 Å². The zero-order valence-electron chi connectivity index (χ0n) is 31.6. The molecule has 0 radical (unpaired) electrons. The molecule has 1 spiro atoms. The number of ether oxygens (including phenoxy) is 6. The first kappa shape index (κ1) is 36.0. The van der Waals surface area contributed by atoms with E-state index >= 15 is 0 Å². The molecule has 12 atom stereocenters. The van der Waals surface area contributed by atoms with Gasteiger partial charge in [0.05, 0.1) is 17.8 Å². The number of allylic oxidation sites excluding steroid dienone is 1. The van der Waals surface area contributed by atoms with Gasteiger partial charge in [0, 0.05) is 19.8 Å². The van der Waals surface area contributed by atoms with Crippen LogP contribution in [0.1, 0.15) is 105 Å². The maximum Gasteiger partial charge on any atom is 0.432 e. The Balaban J connectivity index is 1.14. The van der Waals surface area contributed by atoms with Gasteiger partial charge < -0.3 is 28.4 Å². The fourth-order valence-corrected chi connectivity index (χ4v) is 13.3. The molecular weight excluding hydrogens is 661 g/mol. The quantitative estimate of drug-likeness (QED) is 0.224. The Hall–Kier alpha value is -1.98. The maximum absolute atomic E-state index is 15.0. The van der Waals surface area contributed by atoms with Crippen LogP contribution in [0.4, 0.5) is 13.2 Å². The smallest absolute Gasteiger partial charge is 0.432 e. The second kappa shape index (κ2) is 11.0. The lowest BCUT2D eigenvalue weighted by Crippen LogP contribution is -2.65. The first-order chi connectivity index (χ1) is 23.8. The van der Waals surface area contributed by atoms with E-state index in [0.717, 1.165) is 58.5 Å². The minimum atomic E-state index is -5.12. The molecule has 8 rings (SSSR count). The lowest BCUT2D eigenvalue weighted by atomic mass is 9.52. The third-order valence-electron chi connectivity index (χ3n) is 15.7. The van der Waals surface area contributed by atoms with Gasteiger partial charge in [-0.15, -0.1) is 0 Å². The first-order valence-corrected chi connectivity index (χ1v) is 19.0. The van der Waals surface area contributed by atoms with Crippen molar-refractivity contribution in [3.63, 3.8) is 0 Å². The molecule has 1 aromatic carbocycles. The number of benzene rings is 1. The van der Waals surface area contributed by atoms with Crippen LogP contribution in [-0.4, -0.2) is 67.8 Å². The maximum atomic E-state index is 15.0. The summed E-state index contributed by atoms with van der Waals surface area (Å²) in [4.78, 5) is 14.1. The highest BCUT2D eigenvalue weighted by Gasteiger charge is 2.76. The summed E-state index contributed by atoms with van der Waals surface area (Å²) in [5.74, 6) is -2.70. The van der Waals surface area contributed by atoms with Crippen LogP contribution < -0.4 is 0 Å². The van der Waals surface area contributed by atoms with E-state index in [0.29, 0.717) is 12.0 Å². The van der Waals surface area contributed by atoms with Crippen LogP contribution in [0.5, 0.6) is 0 Å². The number of esters is 1. The molecule has 10 heteroatoms. The second-order valence-corrected chi connectivity index (χ2v) is 18.5. The molecule has 3 aliphatic carbocycles. The third-order valence-corrected chi connectivity index (χ3v) is 15.7. The lowest BCUT2D eigenvalue weighted by molar-refractivity contribution is -0.342. The normalized spacial score (nSPS) is 45.9. The van der Waals surface area contributed by atoms with Gasteiger partial charge >= 0.3 is 12.1 Å². The van der Waals surface area contributed by atoms with Crippen LogP contribution in [-0.2, 0) is 38.8 Å². The topological polar surface area (TPSA) is 72.5 Å². The average Bonchev–Trinajstić information content (AvgIpc) is 3.66. The molecule has 4 saturated heterocycles. The first-order valence-electron chi connectivity index (χ1n) is 19.0. The van der Waals surface area contributed by atoms with Crippen LogP contribution in [0, 0.1) is 34.0 Å².